The van der Waals surface area contributed by atoms with Gasteiger partial charge in [0.2, 0.25) is 10.0 Å². The Morgan fingerprint density at radius 2 is 1.96 bits per heavy atom. The summed E-state index contributed by atoms with van der Waals surface area (Å²) in [7, 11) is -3.53. The topological polar surface area (TPSA) is 64.6 Å². The van der Waals surface area contributed by atoms with Crippen LogP contribution >= 0.6 is 0 Å². The van der Waals surface area contributed by atoms with E-state index in [-0.39, 0.29) is 12.6 Å². The number of ether oxygens (including phenoxy) is 2. The van der Waals surface area contributed by atoms with Gasteiger partial charge in [-0.3, -0.25) is 0 Å². The highest BCUT2D eigenvalue weighted by molar-refractivity contribution is 7.89. The smallest absolute Gasteiger partial charge is 0.240 e. The van der Waals surface area contributed by atoms with E-state index in [0.717, 1.165) is 36.8 Å². The average Bonchev–Trinajstić information content (AvgIpc) is 2.91. The van der Waals surface area contributed by atoms with Crippen molar-refractivity contribution in [2.75, 3.05) is 13.2 Å². The number of nitrogens with one attached hydrogen (secondary N) is 1. The van der Waals surface area contributed by atoms with Gasteiger partial charge >= 0.3 is 0 Å². The van der Waals surface area contributed by atoms with Gasteiger partial charge in [-0.25, -0.2) is 13.1 Å². The second-order valence-electron chi connectivity index (χ2n) is 6.57. The van der Waals surface area contributed by atoms with Gasteiger partial charge in [0.15, 0.2) is 5.79 Å². The highest BCUT2D eigenvalue weighted by Gasteiger charge is 2.42. The lowest BCUT2D eigenvalue weighted by atomic mass is 9.94. The summed E-state index contributed by atoms with van der Waals surface area (Å²) < 4.78 is 39.6. The molecule has 1 saturated carbocycles. The molecule has 2 aliphatic rings. The van der Waals surface area contributed by atoms with Crippen molar-refractivity contribution in [3.63, 3.8) is 0 Å². The minimum atomic E-state index is -3.53. The van der Waals surface area contributed by atoms with Gasteiger partial charge < -0.3 is 9.47 Å². The molecule has 23 heavy (non-hydrogen) atoms. The molecule has 1 aliphatic carbocycles. The Morgan fingerprint density at radius 3 is 2.70 bits per heavy atom. The van der Waals surface area contributed by atoms with Gasteiger partial charge in [-0.2, -0.15) is 0 Å². The Balaban J connectivity index is 1.63. The van der Waals surface area contributed by atoms with Crippen LogP contribution in [-0.4, -0.2) is 33.5 Å². The fourth-order valence-electron chi connectivity index (χ4n) is 3.37. The molecule has 1 N–H and O–H groups in total. The van der Waals surface area contributed by atoms with Crippen LogP contribution in [-0.2, 0) is 19.5 Å². The maximum atomic E-state index is 12.5. The highest BCUT2D eigenvalue weighted by Crippen LogP contribution is 2.37. The summed E-state index contributed by atoms with van der Waals surface area (Å²) in [6, 6.07) is 5.32. The van der Waals surface area contributed by atoms with Crippen molar-refractivity contribution in [3.05, 3.63) is 29.3 Å². The van der Waals surface area contributed by atoms with Gasteiger partial charge in [-0.15, -0.1) is 0 Å². The Kier molecular flexibility index (Phi) is 4.78. The minimum absolute atomic E-state index is 0.215. The van der Waals surface area contributed by atoms with E-state index in [1.807, 2.05) is 19.9 Å². The summed E-state index contributed by atoms with van der Waals surface area (Å²) in [5.41, 5.74) is 1.75. The quantitative estimate of drug-likeness (QED) is 0.916. The van der Waals surface area contributed by atoms with Crippen LogP contribution in [0.4, 0.5) is 0 Å². The van der Waals surface area contributed by atoms with E-state index in [1.54, 1.807) is 12.1 Å². The van der Waals surface area contributed by atoms with Crippen LogP contribution in [0, 0.1) is 13.8 Å². The molecule has 1 aromatic rings. The van der Waals surface area contributed by atoms with E-state index < -0.39 is 15.8 Å². The van der Waals surface area contributed by atoms with Crippen LogP contribution in [0.2, 0.25) is 0 Å². The Hall–Kier alpha value is -0.950. The molecule has 2 fully saturated rings. The van der Waals surface area contributed by atoms with E-state index in [0.29, 0.717) is 11.5 Å². The van der Waals surface area contributed by atoms with Crippen molar-refractivity contribution in [1.29, 1.82) is 0 Å². The lowest BCUT2D eigenvalue weighted by Gasteiger charge is -2.31. The molecule has 1 aromatic carbocycles. The van der Waals surface area contributed by atoms with E-state index >= 15 is 0 Å². The molecule has 0 unspecified atom stereocenters. The third kappa shape index (κ3) is 3.60. The first-order valence-corrected chi connectivity index (χ1v) is 9.78. The van der Waals surface area contributed by atoms with Crippen LogP contribution in [0.1, 0.15) is 43.2 Å². The van der Waals surface area contributed by atoms with Crippen LogP contribution in [0.25, 0.3) is 0 Å². The molecule has 1 heterocycles. The third-order valence-electron chi connectivity index (χ3n) is 4.87. The van der Waals surface area contributed by atoms with Crippen molar-refractivity contribution < 1.29 is 17.9 Å². The Labute approximate surface area is 138 Å². The Morgan fingerprint density at radius 1 is 1.22 bits per heavy atom. The average molecular weight is 339 g/mol. The predicted octanol–water partition coefficient (Wildman–Crippen LogP) is 2.66. The molecule has 128 valence electrons. The molecule has 0 bridgehead atoms. The fourth-order valence-corrected chi connectivity index (χ4v) is 4.75. The van der Waals surface area contributed by atoms with Crippen molar-refractivity contribution in [3.8, 4) is 0 Å². The highest BCUT2D eigenvalue weighted by atomic mass is 32.2. The van der Waals surface area contributed by atoms with Crippen LogP contribution in [0.15, 0.2) is 23.1 Å². The maximum Gasteiger partial charge on any atom is 0.240 e. The second kappa shape index (κ2) is 6.51. The number of benzene rings is 1. The Bertz CT molecular complexity index is 665. The molecule has 0 amide bonds. The van der Waals surface area contributed by atoms with Crippen molar-refractivity contribution in [2.24, 2.45) is 0 Å². The van der Waals surface area contributed by atoms with E-state index in [2.05, 4.69) is 4.72 Å². The third-order valence-corrected chi connectivity index (χ3v) is 6.44. The predicted molar refractivity (Wildman–Crippen MR) is 87.7 cm³/mol. The van der Waals surface area contributed by atoms with Gasteiger partial charge in [0, 0.05) is 19.4 Å². The van der Waals surface area contributed by atoms with Gasteiger partial charge in [-0.1, -0.05) is 18.6 Å². The van der Waals surface area contributed by atoms with Crippen LogP contribution in [0.5, 0.6) is 0 Å². The molecule has 3 rings (SSSR count). The van der Waals surface area contributed by atoms with E-state index in [9.17, 15) is 8.42 Å². The monoisotopic (exact) mass is 339 g/mol. The lowest BCUT2D eigenvalue weighted by molar-refractivity contribution is -0.186. The summed E-state index contributed by atoms with van der Waals surface area (Å²) in [6.07, 6.45) is 5.05. The summed E-state index contributed by atoms with van der Waals surface area (Å²) >= 11 is 0. The normalized spacial score (nSPS) is 24.2. The standard InChI is InChI=1S/C17H25NO4S/c1-13-7-6-8-16(14(13)2)23(19,20)18-11-15-12-21-17(22-15)9-4-3-5-10-17/h6-8,15,18H,3-5,9-12H2,1-2H3/t15-/m0/s1. The first-order chi connectivity index (χ1) is 10.9. The first kappa shape index (κ1) is 16.9. The number of hydrogen-bond acceptors (Lipinski definition) is 4. The van der Waals surface area contributed by atoms with Crippen LogP contribution in [0.3, 0.4) is 0 Å². The van der Waals surface area contributed by atoms with Gasteiger partial charge in [-0.05, 0) is 43.9 Å². The van der Waals surface area contributed by atoms with Crippen LogP contribution < -0.4 is 4.72 Å². The number of hydrogen-bond donors (Lipinski definition) is 1. The molecule has 1 atom stereocenters. The van der Waals surface area contributed by atoms with Crippen molar-refractivity contribution in [2.45, 2.75) is 62.7 Å². The molecule has 5 nitrogen and oxygen atoms in total. The van der Waals surface area contributed by atoms with E-state index in [1.165, 1.54) is 6.42 Å². The number of rotatable bonds is 4. The van der Waals surface area contributed by atoms with Gasteiger partial charge in [0.05, 0.1) is 17.6 Å². The second-order valence-corrected chi connectivity index (χ2v) is 8.31. The largest absolute Gasteiger partial charge is 0.347 e. The molecule has 0 radical (unpaired) electrons. The molecular weight excluding hydrogens is 314 g/mol. The van der Waals surface area contributed by atoms with E-state index in [4.69, 9.17) is 9.47 Å². The van der Waals surface area contributed by atoms with Gasteiger partial charge in [0.25, 0.3) is 0 Å². The maximum absolute atomic E-state index is 12.5. The lowest BCUT2D eigenvalue weighted by Crippen LogP contribution is -2.37. The molecular formula is C17H25NO4S. The number of sulfonamides is 1. The van der Waals surface area contributed by atoms with Gasteiger partial charge in [0.1, 0.15) is 0 Å². The zero-order valence-electron chi connectivity index (χ0n) is 13.8. The summed E-state index contributed by atoms with van der Waals surface area (Å²) in [4.78, 5) is 0.337. The number of aryl methyl sites for hydroxylation is 1. The summed E-state index contributed by atoms with van der Waals surface area (Å²) in [5, 5.41) is 0. The molecule has 0 aromatic heterocycles. The SMILES string of the molecule is Cc1cccc(S(=O)(=O)NC[C@H]2COC3(CCCCC3)O2)c1C. The molecule has 1 saturated heterocycles. The summed E-state index contributed by atoms with van der Waals surface area (Å²) in [6.45, 7) is 4.44. The van der Waals surface area contributed by atoms with Crippen molar-refractivity contribution in [1.82, 2.24) is 4.72 Å². The molecule has 1 aliphatic heterocycles. The zero-order chi connectivity index (χ0) is 16.5. The summed E-state index contributed by atoms with van der Waals surface area (Å²) in [5.74, 6) is -0.465. The van der Waals surface area contributed by atoms with Crippen molar-refractivity contribution >= 4 is 10.0 Å². The first-order valence-electron chi connectivity index (χ1n) is 8.30. The molecule has 1 spiro atoms. The molecule has 6 heteroatoms. The fraction of sp³-hybridized carbons (Fsp3) is 0.647. The zero-order valence-corrected chi connectivity index (χ0v) is 14.6. The minimum Gasteiger partial charge on any atom is -0.347 e.